The minimum atomic E-state index is -3.11. The van der Waals surface area contributed by atoms with Crippen LogP contribution in [0, 0.1) is 0 Å². The Bertz CT molecular complexity index is 1230. The Morgan fingerprint density at radius 2 is 1.09 bits per heavy atom. The molecular formula is C28H21Br2OP. The highest BCUT2D eigenvalue weighted by Gasteiger charge is 2.32. The summed E-state index contributed by atoms with van der Waals surface area (Å²) in [5, 5.41) is 2.44. The van der Waals surface area contributed by atoms with Gasteiger partial charge in [-0.1, -0.05) is 135 Å². The van der Waals surface area contributed by atoms with E-state index in [0.717, 1.165) is 36.0 Å². The summed E-state index contributed by atoms with van der Waals surface area (Å²) < 4.78 is 17.0. The van der Waals surface area contributed by atoms with Crippen molar-refractivity contribution in [2.45, 2.75) is 0 Å². The molecule has 0 aliphatic heterocycles. The molecule has 4 heteroatoms. The van der Waals surface area contributed by atoms with Gasteiger partial charge in [-0.25, -0.2) is 0 Å². The normalized spacial score (nSPS) is 12.2. The fraction of sp³-hybridized carbons (Fsp3) is 0. The minimum Gasteiger partial charge on any atom is -0.309 e. The Labute approximate surface area is 206 Å². The number of hydrogen-bond donors (Lipinski definition) is 0. The molecule has 32 heavy (non-hydrogen) atoms. The van der Waals surface area contributed by atoms with E-state index >= 15 is 0 Å². The van der Waals surface area contributed by atoms with Crippen LogP contribution in [-0.4, -0.2) is 0 Å². The standard InChI is InChI=1S/C28H21Br2OP/c29-24-18-14-22(15-19-24)8-7-13-28(23-16-20-25(30)21-17-23)32(31,26-9-3-1-4-10-26)27-11-5-2-6-12-27/h1-21H/b8-7+,28-13+. The third-order valence-electron chi connectivity index (χ3n) is 5.13. The lowest BCUT2D eigenvalue weighted by Crippen LogP contribution is -2.17. The largest absolute Gasteiger partial charge is 0.309 e. The number of rotatable bonds is 6. The van der Waals surface area contributed by atoms with Crippen LogP contribution in [0.25, 0.3) is 11.4 Å². The van der Waals surface area contributed by atoms with Gasteiger partial charge in [0.1, 0.15) is 0 Å². The molecule has 0 spiro atoms. The molecule has 0 N–H and O–H groups in total. The van der Waals surface area contributed by atoms with E-state index in [1.54, 1.807) is 0 Å². The molecule has 4 aromatic carbocycles. The summed E-state index contributed by atoms with van der Waals surface area (Å²) in [6, 6.07) is 35.6. The highest BCUT2D eigenvalue weighted by Crippen LogP contribution is 2.56. The molecule has 4 rings (SSSR count). The summed E-state index contributed by atoms with van der Waals surface area (Å²) in [5.41, 5.74) is 2.01. The Morgan fingerprint density at radius 1 is 0.625 bits per heavy atom. The van der Waals surface area contributed by atoms with Crippen molar-refractivity contribution in [2.24, 2.45) is 0 Å². The molecule has 0 fully saturated rings. The summed E-state index contributed by atoms with van der Waals surface area (Å²) in [6.45, 7) is 0. The van der Waals surface area contributed by atoms with Crippen molar-refractivity contribution >= 4 is 61.0 Å². The van der Waals surface area contributed by atoms with E-state index in [2.05, 4.69) is 31.9 Å². The maximum absolute atomic E-state index is 15.0. The SMILES string of the molecule is O=P(/C(=C/C=C/c1ccc(Br)cc1)c1ccc(Br)cc1)(c1ccccc1)c1ccccc1. The first-order chi connectivity index (χ1) is 15.6. The van der Waals surface area contributed by atoms with Crippen LogP contribution in [-0.2, 0) is 4.57 Å². The van der Waals surface area contributed by atoms with Crippen molar-refractivity contribution in [1.82, 2.24) is 0 Å². The first-order valence-electron chi connectivity index (χ1n) is 10.2. The number of halogens is 2. The van der Waals surface area contributed by atoms with E-state index < -0.39 is 7.14 Å². The summed E-state index contributed by atoms with van der Waals surface area (Å²) in [4.78, 5) is 0. The van der Waals surface area contributed by atoms with E-state index in [1.807, 2.05) is 127 Å². The topological polar surface area (TPSA) is 17.1 Å². The monoisotopic (exact) mass is 562 g/mol. The van der Waals surface area contributed by atoms with Crippen molar-refractivity contribution in [3.05, 3.63) is 141 Å². The first kappa shape index (κ1) is 22.7. The molecule has 0 aromatic heterocycles. The molecule has 0 aliphatic carbocycles. The maximum Gasteiger partial charge on any atom is 0.171 e. The molecule has 1 nitrogen and oxygen atoms in total. The van der Waals surface area contributed by atoms with Gasteiger partial charge < -0.3 is 4.57 Å². The van der Waals surface area contributed by atoms with Crippen LogP contribution in [0.2, 0.25) is 0 Å². The average molecular weight is 564 g/mol. The van der Waals surface area contributed by atoms with E-state index in [9.17, 15) is 4.57 Å². The Morgan fingerprint density at radius 3 is 1.59 bits per heavy atom. The lowest BCUT2D eigenvalue weighted by Gasteiger charge is -2.23. The molecule has 0 heterocycles. The predicted molar refractivity (Wildman–Crippen MR) is 145 cm³/mol. The highest BCUT2D eigenvalue weighted by atomic mass is 79.9. The van der Waals surface area contributed by atoms with Crippen LogP contribution in [0.4, 0.5) is 0 Å². The molecule has 0 saturated carbocycles. The molecule has 4 aromatic rings. The second kappa shape index (κ2) is 10.4. The first-order valence-corrected chi connectivity index (χ1v) is 13.5. The summed E-state index contributed by atoms with van der Waals surface area (Å²) in [6.07, 6.45) is 6.01. The summed E-state index contributed by atoms with van der Waals surface area (Å²) >= 11 is 6.99. The van der Waals surface area contributed by atoms with Crippen molar-refractivity contribution in [3.63, 3.8) is 0 Å². The van der Waals surface area contributed by atoms with Crippen LogP contribution >= 0.6 is 39.0 Å². The van der Waals surface area contributed by atoms with Gasteiger partial charge >= 0.3 is 0 Å². The van der Waals surface area contributed by atoms with E-state index in [0.29, 0.717) is 0 Å². The molecule has 158 valence electrons. The predicted octanol–water partition coefficient (Wildman–Crippen LogP) is 8.28. The van der Waals surface area contributed by atoms with Crippen LogP contribution < -0.4 is 10.6 Å². The molecular weight excluding hydrogens is 543 g/mol. The smallest absolute Gasteiger partial charge is 0.171 e. The van der Waals surface area contributed by atoms with Gasteiger partial charge in [0.15, 0.2) is 7.14 Å². The number of hydrogen-bond acceptors (Lipinski definition) is 1. The Balaban J connectivity index is 1.90. The zero-order valence-corrected chi connectivity index (χ0v) is 21.3. The van der Waals surface area contributed by atoms with Crippen molar-refractivity contribution in [3.8, 4) is 0 Å². The Hall–Kier alpha value is -2.45. The van der Waals surface area contributed by atoms with E-state index in [-0.39, 0.29) is 0 Å². The van der Waals surface area contributed by atoms with Gasteiger partial charge in [-0.3, -0.25) is 0 Å². The second-order valence-corrected chi connectivity index (χ2v) is 11.8. The Kier molecular flexibility index (Phi) is 7.42. The van der Waals surface area contributed by atoms with Gasteiger partial charge in [-0.15, -0.1) is 0 Å². The molecule has 0 bridgehead atoms. The fourth-order valence-electron chi connectivity index (χ4n) is 3.53. The van der Waals surface area contributed by atoms with E-state index in [4.69, 9.17) is 0 Å². The van der Waals surface area contributed by atoms with Gasteiger partial charge in [0, 0.05) is 24.9 Å². The van der Waals surface area contributed by atoms with Gasteiger partial charge in [-0.2, -0.15) is 0 Å². The van der Waals surface area contributed by atoms with Gasteiger partial charge in [0.05, 0.1) is 0 Å². The van der Waals surface area contributed by atoms with Crippen LogP contribution in [0.5, 0.6) is 0 Å². The van der Waals surface area contributed by atoms with Crippen molar-refractivity contribution in [1.29, 1.82) is 0 Å². The lowest BCUT2D eigenvalue weighted by molar-refractivity contribution is 0.593. The zero-order valence-electron chi connectivity index (χ0n) is 17.2. The highest BCUT2D eigenvalue weighted by molar-refractivity contribution is 9.10. The average Bonchev–Trinajstić information content (AvgIpc) is 2.84. The molecule has 0 saturated heterocycles. The molecule has 0 unspecified atom stereocenters. The number of allylic oxidation sites excluding steroid dienone is 2. The molecule has 0 amide bonds. The van der Waals surface area contributed by atoms with Crippen LogP contribution in [0.3, 0.4) is 0 Å². The lowest BCUT2D eigenvalue weighted by atomic mass is 10.2. The quantitative estimate of drug-likeness (QED) is 0.170. The van der Waals surface area contributed by atoms with Gasteiger partial charge in [-0.05, 0) is 35.4 Å². The third-order valence-corrected chi connectivity index (χ3v) is 9.33. The van der Waals surface area contributed by atoms with E-state index in [1.165, 1.54) is 0 Å². The molecule has 0 radical (unpaired) electrons. The molecule has 0 atom stereocenters. The fourth-order valence-corrected chi connectivity index (χ4v) is 6.91. The van der Waals surface area contributed by atoms with Gasteiger partial charge in [0.2, 0.25) is 0 Å². The zero-order chi connectivity index (χ0) is 22.4. The number of benzene rings is 4. The van der Waals surface area contributed by atoms with Crippen LogP contribution in [0.15, 0.2) is 130 Å². The summed E-state index contributed by atoms with van der Waals surface area (Å²) in [5.74, 6) is 0. The summed E-state index contributed by atoms with van der Waals surface area (Å²) in [7, 11) is -3.11. The van der Waals surface area contributed by atoms with Gasteiger partial charge in [0.25, 0.3) is 0 Å². The molecule has 0 aliphatic rings. The van der Waals surface area contributed by atoms with Crippen molar-refractivity contribution in [2.75, 3.05) is 0 Å². The maximum atomic E-state index is 15.0. The van der Waals surface area contributed by atoms with Crippen LogP contribution in [0.1, 0.15) is 11.1 Å². The second-order valence-electron chi connectivity index (χ2n) is 7.25. The van der Waals surface area contributed by atoms with Crippen molar-refractivity contribution < 1.29 is 4.57 Å². The third kappa shape index (κ3) is 5.13. The minimum absolute atomic E-state index is 0.802.